The molecule has 7 heteroatoms. The van der Waals surface area contributed by atoms with Crippen LogP contribution in [-0.2, 0) is 9.05 Å². The van der Waals surface area contributed by atoms with Gasteiger partial charge in [-0.3, -0.25) is 4.79 Å². The Kier molecular flexibility index (Phi) is 4.55. The molecule has 0 saturated heterocycles. The van der Waals surface area contributed by atoms with Gasteiger partial charge in [-0.25, -0.2) is 8.42 Å². The van der Waals surface area contributed by atoms with Crippen LogP contribution in [-0.4, -0.2) is 27.5 Å². The van der Waals surface area contributed by atoms with Gasteiger partial charge in [0.1, 0.15) is 5.75 Å². The molecule has 1 aliphatic rings. The second kappa shape index (κ2) is 6.01. The lowest BCUT2D eigenvalue weighted by Gasteiger charge is -2.14. The van der Waals surface area contributed by atoms with Crippen molar-refractivity contribution in [2.24, 2.45) is 0 Å². The molecular formula is C13H16ClNO4S. The number of carbonyl (C=O) groups is 1. The maximum absolute atomic E-state index is 12.2. The Morgan fingerprint density at radius 1 is 1.35 bits per heavy atom. The summed E-state index contributed by atoms with van der Waals surface area (Å²) in [5, 5.41) is 2.89. The minimum absolute atomic E-state index is 0.114. The van der Waals surface area contributed by atoms with E-state index < -0.39 is 9.05 Å². The lowest BCUT2D eigenvalue weighted by atomic mass is 10.1. The third kappa shape index (κ3) is 3.43. The highest BCUT2D eigenvalue weighted by Crippen LogP contribution is 2.25. The SMILES string of the molecule is COc1ccc(S(=O)(=O)Cl)cc1C(=O)NC1CCCC1. The van der Waals surface area contributed by atoms with E-state index >= 15 is 0 Å². The average Bonchev–Trinajstić information content (AvgIpc) is 2.89. The number of halogens is 1. The van der Waals surface area contributed by atoms with Crippen molar-refractivity contribution in [3.63, 3.8) is 0 Å². The van der Waals surface area contributed by atoms with Gasteiger partial charge in [0.05, 0.1) is 17.6 Å². The zero-order valence-electron chi connectivity index (χ0n) is 11.1. The Morgan fingerprint density at radius 2 is 2.00 bits per heavy atom. The van der Waals surface area contributed by atoms with Crippen LogP contribution in [0.15, 0.2) is 23.1 Å². The fraction of sp³-hybridized carbons (Fsp3) is 0.462. The number of rotatable bonds is 4. The lowest BCUT2D eigenvalue weighted by Crippen LogP contribution is -2.32. The predicted octanol–water partition coefficient (Wildman–Crippen LogP) is 2.30. The number of ether oxygens (including phenoxy) is 1. The van der Waals surface area contributed by atoms with Crippen LogP contribution in [0.5, 0.6) is 5.75 Å². The maximum Gasteiger partial charge on any atom is 0.261 e. The summed E-state index contributed by atoms with van der Waals surface area (Å²) in [6.07, 6.45) is 4.08. The van der Waals surface area contributed by atoms with Crippen LogP contribution >= 0.6 is 10.7 Å². The van der Waals surface area contributed by atoms with E-state index in [0.717, 1.165) is 25.7 Å². The normalized spacial score (nSPS) is 16.1. The van der Waals surface area contributed by atoms with Crippen molar-refractivity contribution in [3.05, 3.63) is 23.8 Å². The number of hydrogen-bond donors (Lipinski definition) is 1. The van der Waals surface area contributed by atoms with Crippen LogP contribution in [0, 0.1) is 0 Å². The van der Waals surface area contributed by atoms with Gasteiger partial charge in [0.2, 0.25) is 0 Å². The van der Waals surface area contributed by atoms with Crippen LogP contribution in [0.2, 0.25) is 0 Å². The fourth-order valence-corrected chi connectivity index (χ4v) is 3.13. The molecule has 20 heavy (non-hydrogen) atoms. The first-order valence-electron chi connectivity index (χ1n) is 6.35. The quantitative estimate of drug-likeness (QED) is 0.865. The van der Waals surface area contributed by atoms with Crippen molar-refractivity contribution in [1.29, 1.82) is 0 Å². The van der Waals surface area contributed by atoms with E-state index in [-0.39, 0.29) is 22.4 Å². The number of amides is 1. The number of hydrogen-bond acceptors (Lipinski definition) is 4. The highest BCUT2D eigenvalue weighted by Gasteiger charge is 2.22. The van der Waals surface area contributed by atoms with Gasteiger partial charge in [0.25, 0.3) is 15.0 Å². The van der Waals surface area contributed by atoms with Gasteiger partial charge in [-0.1, -0.05) is 12.8 Å². The number of carbonyl (C=O) groups excluding carboxylic acids is 1. The first-order chi connectivity index (χ1) is 9.41. The van der Waals surface area contributed by atoms with Crippen molar-refractivity contribution < 1.29 is 17.9 Å². The summed E-state index contributed by atoms with van der Waals surface area (Å²) in [4.78, 5) is 12.1. The zero-order valence-corrected chi connectivity index (χ0v) is 12.6. The van der Waals surface area contributed by atoms with Gasteiger partial charge in [0, 0.05) is 16.7 Å². The average molecular weight is 318 g/mol. The van der Waals surface area contributed by atoms with Crippen LogP contribution in [0.1, 0.15) is 36.0 Å². The molecule has 5 nitrogen and oxygen atoms in total. The minimum Gasteiger partial charge on any atom is -0.496 e. The summed E-state index contributed by atoms with van der Waals surface area (Å²) < 4.78 is 27.8. The summed E-state index contributed by atoms with van der Waals surface area (Å²) in [7, 11) is 2.85. The number of benzene rings is 1. The molecule has 1 amide bonds. The summed E-state index contributed by atoms with van der Waals surface area (Å²) in [5.41, 5.74) is 0.182. The largest absolute Gasteiger partial charge is 0.496 e. The molecule has 110 valence electrons. The van der Waals surface area contributed by atoms with Crippen LogP contribution in [0.3, 0.4) is 0 Å². The highest BCUT2D eigenvalue weighted by atomic mass is 35.7. The van der Waals surface area contributed by atoms with E-state index in [1.807, 2.05) is 0 Å². The monoisotopic (exact) mass is 317 g/mol. The molecule has 0 aliphatic heterocycles. The topological polar surface area (TPSA) is 72.5 Å². The highest BCUT2D eigenvalue weighted by molar-refractivity contribution is 8.13. The van der Waals surface area contributed by atoms with Crippen molar-refractivity contribution in [2.45, 2.75) is 36.6 Å². The van der Waals surface area contributed by atoms with Crippen molar-refractivity contribution in [2.75, 3.05) is 7.11 Å². The molecule has 0 unspecified atom stereocenters. The Hall–Kier alpha value is -1.27. The molecule has 1 N–H and O–H groups in total. The van der Waals surface area contributed by atoms with E-state index in [2.05, 4.69) is 5.32 Å². The predicted molar refractivity (Wildman–Crippen MR) is 75.8 cm³/mol. The maximum atomic E-state index is 12.2. The Labute approximate surface area is 122 Å². The van der Waals surface area contributed by atoms with Crippen LogP contribution < -0.4 is 10.1 Å². The fourth-order valence-electron chi connectivity index (χ4n) is 2.35. The Balaban J connectivity index is 2.29. The number of methoxy groups -OCH3 is 1. The molecular weight excluding hydrogens is 302 g/mol. The molecule has 1 aromatic rings. The molecule has 0 spiro atoms. The molecule has 1 fully saturated rings. The smallest absolute Gasteiger partial charge is 0.261 e. The summed E-state index contributed by atoms with van der Waals surface area (Å²) >= 11 is 0. The van der Waals surface area contributed by atoms with Gasteiger partial charge < -0.3 is 10.1 Å². The van der Waals surface area contributed by atoms with Crippen molar-refractivity contribution in [1.82, 2.24) is 5.32 Å². The first kappa shape index (κ1) is 15.1. The molecule has 1 aliphatic carbocycles. The molecule has 2 rings (SSSR count). The van der Waals surface area contributed by atoms with Gasteiger partial charge in [-0.15, -0.1) is 0 Å². The van der Waals surface area contributed by atoms with Crippen LogP contribution in [0.25, 0.3) is 0 Å². The minimum atomic E-state index is -3.87. The van der Waals surface area contributed by atoms with E-state index in [0.29, 0.717) is 5.75 Å². The molecule has 0 heterocycles. The molecule has 1 saturated carbocycles. The first-order valence-corrected chi connectivity index (χ1v) is 8.66. The van der Waals surface area contributed by atoms with Crippen molar-refractivity contribution in [3.8, 4) is 5.75 Å². The van der Waals surface area contributed by atoms with Crippen LogP contribution in [0.4, 0.5) is 0 Å². The molecule has 0 radical (unpaired) electrons. The molecule has 0 atom stereocenters. The van der Waals surface area contributed by atoms with E-state index in [9.17, 15) is 13.2 Å². The lowest BCUT2D eigenvalue weighted by molar-refractivity contribution is 0.0934. The van der Waals surface area contributed by atoms with E-state index in [1.165, 1.54) is 25.3 Å². The molecule has 0 bridgehead atoms. The summed E-state index contributed by atoms with van der Waals surface area (Å²) in [6, 6.07) is 4.13. The standard InChI is InChI=1S/C13H16ClNO4S/c1-19-12-7-6-10(20(14,17)18)8-11(12)13(16)15-9-4-2-3-5-9/h6-9H,2-5H2,1H3,(H,15,16). The third-order valence-electron chi connectivity index (χ3n) is 3.39. The Morgan fingerprint density at radius 3 is 2.55 bits per heavy atom. The van der Waals surface area contributed by atoms with Gasteiger partial charge in [-0.05, 0) is 31.0 Å². The summed E-state index contributed by atoms with van der Waals surface area (Å²) in [6.45, 7) is 0. The third-order valence-corrected chi connectivity index (χ3v) is 4.74. The molecule has 0 aromatic heterocycles. The van der Waals surface area contributed by atoms with Gasteiger partial charge in [0.15, 0.2) is 0 Å². The second-order valence-corrected chi connectivity index (χ2v) is 7.32. The van der Waals surface area contributed by atoms with Crippen molar-refractivity contribution >= 4 is 25.6 Å². The number of nitrogens with one attached hydrogen (secondary N) is 1. The summed E-state index contributed by atoms with van der Waals surface area (Å²) in [5.74, 6) is -0.0134. The Bertz CT molecular complexity index is 609. The zero-order chi connectivity index (χ0) is 14.8. The van der Waals surface area contributed by atoms with Gasteiger partial charge >= 0.3 is 0 Å². The van der Waals surface area contributed by atoms with E-state index in [1.54, 1.807) is 0 Å². The van der Waals surface area contributed by atoms with E-state index in [4.69, 9.17) is 15.4 Å². The molecule has 1 aromatic carbocycles. The van der Waals surface area contributed by atoms with Gasteiger partial charge in [-0.2, -0.15) is 0 Å². The second-order valence-electron chi connectivity index (χ2n) is 4.75.